The lowest BCUT2D eigenvalue weighted by molar-refractivity contribution is 0.507. The third-order valence-corrected chi connectivity index (χ3v) is 2.25. The summed E-state index contributed by atoms with van der Waals surface area (Å²) in [6.45, 7) is 5.90. The third-order valence-electron chi connectivity index (χ3n) is 2.25. The summed E-state index contributed by atoms with van der Waals surface area (Å²) >= 11 is 0. The molecule has 0 heterocycles. The van der Waals surface area contributed by atoms with Gasteiger partial charge in [0.1, 0.15) is 0 Å². The number of hydrogen-bond acceptors (Lipinski definition) is 0. The summed E-state index contributed by atoms with van der Waals surface area (Å²) in [5.74, 6) is -1.56. The van der Waals surface area contributed by atoms with Gasteiger partial charge in [-0.2, -0.15) is 0 Å². The van der Waals surface area contributed by atoms with E-state index in [1.807, 2.05) is 6.92 Å². The topological polar surface area (TPSA) is 0 Å². The Balaban J connectivity index is 2.60. The second kappa shape index (κ2) is 4.89. The molecular weight excluding hydrogens is 182 g/mol. The van der Waals surface area contributed by atoms with Gasteiger partial charge in [-0.15, -0.1) is 0 Å². The van der Waals surface area contributed by atoms with E-state index in [9.17, 15) is 8.78 Å². The minimum atomic E-state index is -0.789. The lowest BCUT2D eigenvalue weighted by Crippen LogP contribution is -1.91. The lowest BCUT2D eigenvalue weighted by atomic mass is 10.0. The van der Waals surface area contributed by atoms with Crippen LogP contribution in [0.4, 0.5) is 8.78 Å². The first kappa shape index (κ1) is 10.9. The molecule has 0 aromatic heterocycles. The van der Waals surface area contributed by atoms with Crippen molar-refractivity contribution in [3.8, 4) is 0 Å². The molecule has 0 aliphatic heterocycles. The molecule has 76 valence electrons. The number of aryl methyl sites for hydroxylation is 1. The Kier molecular flexibility index (Phi) is 3.81. The second-order valence-corrected chi connectivity index (χ2v) is 3.35. The fourth-order valence-corrected chi connectivity index (χ4v) is 1.19. The van der Waals surface area contributed by atoms with Crippen molar-refractivity contribution in [1.82, 2.24) is 0 Å². The molecule has 1 aromatic rings. The predicted octanol–water partition coefficient (Wildman–Crippen LogP) is 3.86. The number of rotatable bonds is 4. The van der Waals surface area contributed by atoms with Gasteiger partial charge in [0, 0.05) is 0 Å². The molecule has 0 nitrogen and oxygen atoms in total. The van der Waals surface area contributed by atoms with Crippen LogP contribution in [0.15, 0.2) is 30.4 Å². The summed E-state index contributed by atoms with van der Waals surface area (Å²) in [4.78, 5) is 0. The molecule has 0 spiro atoms. The predicted molar refractivity (Wildman–Crippen MR) is 54.1 cm³/mol. The summed E-state index contributed by atoms with van der Waals surface area (Å²) in [6, 6.07) is 4.03. The summed E-state index contributed by atoms with van der Waals surface area (Å²) in [5, 5.41) is 0. The highest BCUT2D eigenvalue weighted by Crippen LogP contribution is 2.13. The number of hydrogen-bond donors (Lipinski definition) is 0. The van der Waals surface area contributed by atoms with E-state index in [1.54, 1.807) is 6.07 Å². The molecule has 0 atom stereocenters. The first-order valence-corrected chi connectivity index (χ1v) is 4.74. The molecule has 14 heavy (non-hydrogen) atoms. The van der Waals surface area contributed by atoms with Crippen molar-refractivity contribution in [2.24, 2.45) is 0 Å². The summed E-state index contributed by atoms with van der Waals surface area (Å²) in [5.41, 5.74) is 1.95. The van der Waals surface area contributed by atoms with E-state index < -0.39 is 11.6 Å². The monoisotopic (exact) mass is 196 g/mol. The Hall–Kier alpha value is -1.18. The van der Waals surface area contributed by atoms with E-state index in [1.165, 1.54) is 12.1 Å². The van der Waals surface area contributed by atoms with Crippen LogP contribution in [0.1, 0.15) is 25.3 Å². The third kappa shape index (κ3) is 2.95. The summed E-state index contributed by atoms with van der Waals surface area (Å²) in [6.07, 6.45) is 2.50. The van der Waals surface area contributed by atoms with Gasteiger partial charge in [-0.05, 0) is 37.0 Å². The average Bonchev–Trinajstić information content (AvgIpc) is 2.19. The molecule has 2 heteroatoms. The SMILES string of the molecule is C=C(CC)CCc1ccc(F)c(F)c1. The quantitative estimate of drug-likeness (QED) is 0.641. The number of benzene rings is 1. The smallest absolute Gasteiger partial charge is 0.159 e. The zero-order valence-corrected chi connectivity index (χ0v) is 8.32. The van der Waals surface area contributed by atoms with Crippen molar-refractivity contribution in [3.05, 3.63) is 47.5 Å². The molecule has 0 amide bonds. The van der Waals surface area contributed by atoms with Gasteiger partial charge in [0.2, 0.25) is 0 Å². The van der Waals surface area contributed by atoms with Crippen molar-refractivity contribution < 1.29 is 8.78 Å². The maximum Gasteiger partial charge on any atom is 0.159 e. The van der Waals surface area contributed by atoms with Gasteiger partial charge in [0.15, 0.2) is 11.6 Å². The Bertz CT molecular complexity index is 329. The van der Waals surface area contributed by atoms with Gasteiger partial charge < -0.3 is 0 Å². The minimum Gasteiger partial charge on any atom is -0.204 e. The van der Waals surface area contributed by atoms with Crippen LogP contribution in [0.25, 0.3) is 0 Å². The van der Waals surface area contributed by atoms with Gasteiger partial charge >= 0.3 is 0 Å². The minimum absolute atomic E-state index is 0.726. The van der Waals surface area contributed by atoms with Gasteiger partial charge in [0.25, 0.3) is 0 Å². The molecular formula is C12H14F2. The fraction of sp³-hybridized carbons (Fsp3) is 0.333. The van der Waals surface area contributed by atoms with Crippen LogP contribution in [-0.2, 0) is 6.42 Å². The van der Waals surface area contributed by atoms with Crippen LogP contribution in [0.3, 0.4) is 0 Å². The number of halogens is 2. The van der Waals surface area contributed by atoms with Crippen molar-refractivity contribution in [2.45, 2.75) is 26.2 Å². The summed E-state index contributed by atoms with van der Waals surface area (Å²) in [7, 11) is 0. The van der Waals surface area contributed by atoms with Crippen molar-refractivity contribution in [3.63, 3.8) is 0 Å². The first-order valence-electron chi connectivity index (χ1n) is 4.74. The highest BCUT2D eigenvalue weighted by atomic mass is 19.2. The number of allylic oxidation sites excluding steroid dienone is 1. The Labute approximate surface area is 83.3 Å². The largest absolute Gasteiger partial charge is 0.204 e. The molecule has 0 unspecified atom stereocenters. The highest BCUT2D eigenvalue weighted by molar-refractivity contribution is 5.18. The molecule has 1 aromatic carbocycles. The van der Waals surface area contributed by atoms with E-state index in [0.29, 0.717) is 0 Å². The Morgan fingerprint density at radius 1 is 1.29 bits per heavy atom. The lowest BCUT2D eigenvalue weighted by Gasteiger charge is -2.03. The molecule has 0 fully saturated rings. The van der Waals surface area contributed by atoms with E-state index in [4.69, 9.17) is 0 Å². The molecule has 0 bridgehead atoms. The first-order chi connectivity index (χ1) is 6.63. The Morgan fingerprint density at radius 2 is 2.00 bits per heavy atom. The van der Waals surface area contributed by atoms with Crippen LogP contribution in [0.2, 0.25) is 0 Å². The van der Waals surface area contributed by atoms with Crippen LogP contribution in [-0.4, -0.2) is 0 Å². The van der Waals surface area contributed by atoms with Crippen LogP contribution < -0.4 is 0 Å². The van der Waals surface area contributed by atoms with Crippen LogP contribution in [0.5, 0.6) is 0 Å². The second-order valence-electron chi connectivity index (χ2n) is 3.35. The fourth-order valence-electron chi connectivity index (χ4n) is 1.19. The molecule has 1 rings (SSSR count). The van der Waals surface area contributed by atoms with Gasteiger partial charge in [-0.25, -0.2) is 8.78 Å². The van der Waals surface area contributed by atoms with E-state index in [0.717, 1.165) is 30.4 Å². The van der Waals surface area contributed by atoms with Gasteiger partial charge in [-0.3, -0.25) is 0 Å². The normalized spacial score (nSPS) is 10.2. The molecule has 0 aliphatic rings. The van der Waals surface area contributed by atoms with E-state index in [2.05, 4.69) is 6.58 Å². The maximum absolute atomic E-state index is 12.8. The van der Waals surface area contributed by atoms with Gasteiger partial charge in [-0.1, -0.05) is 25.1 Å². The molecule has 0 N–H and O–H groups in total. The van der Waals surface area contributed by atoms with E-state index >= 15 is 0 Å². The van der Waals surface area contributed by atoms with Crippen molar-refractivity contribution in [1.29, 1.82) is 0 Å². The maximum atomic E-state index is 12.8. The molecule has 0 saturated carbocycles. The van der Waals surface area contributed by atoms with E-state index in [-0.39, 0.29) is 0 Å². The highest BCUT2D eigenvalue weighted by Gasteiger charge is 2.02. The zero-order valence-electron chi connectivity index (χ0n) is 8.32. The Morgan fingerprint density at radius 3 is 2.57 bits per heavy atom. The van der Waals surface area contributed by atoms with Crippen molar-refractivity contribution >= 4 is 0 Å². The standard InChI is InChI=1S/C12H14F2/c1-3-9(2)4-5-10-6-7-11(13)12(14)8-10/h6-8H,2-5H2,1H3. The molecule has 0 saturated heterocycles. The zero-order chi connectivity index (χ0) is 10.6. The average molecular weight is 196 g/mol. The van der Waals surface area contributed by atoms with Gasteiger partial charge in [0.05, 0.1) is 0 Å². The summed E-state index contributed by atoms with van der Waals surface area (Å²) < 4.78 is 25.4. The van der Waals surface area contributed by atoms with Crippen LogP contribution in [0, 0.1) is 11.6 Å². The molecule has 0 aliphatic carbocycles. The van der Waals surface area contributed by atoms with Crippen molar-refractivity contribution in [2.75, 3.05) is 0 Å². The van der Waals surface area contributed by atoms with Crippen LogP contribution >= 0.6 is 0 Å². The molecule has 0 radical (unpaired) electrons.